The maximum Gasteiger partial charge on any atom is 0.236 e. The van der Waals surface area contributed by atoms with Gasteiger partial charge in [0.25, 0.3) is 0 Å². The minimum Gasteiger partial charge on any atom is -0.353 e. The molecule has 94 valence electrons. The highest BCUT2D eigenvalue weighted by atomic mass is 16.7. The van der Waals surface area contributed by atoms with Gasteiger partial charge < -0.3 is 14.4 Å². The number of amides is 1. The van der Waals surface area contributed by atoms with Crippen molar-refractivity contribution in [2.75, 3.05) is 47.4 Å². The Hall–Kier alpha value is -0.650. The number of hydrogen-bond acceptors (Lipinski definition) is 4. The number of carbonyl (C=O) groups is 1. The topological polar surface area (TPSA) is 42.0 Å². The fourth-order valence-corrected chi connectivity index (χ4v) is 1.48. The molecule has 1 aliphatic rings. The average Bonchev–Trinajstić information content (AvgIpc) is 2.27. The minimum atomic E-state index is -0.0920. The third-order valence-corrected chi connectivity index (χ3v) is 2.55. The van der Waals surface area contributed by atoms with E-state index in [-0.39, 0.29) is 12.2 Å². The molecule has 1 heterocycles. The molecule has 0 saturated carbocycles. The van der Waals surface area contributed by atoms with Gasteiger partial charge in [0.1, 0.15) is 0 Å². The summed E-state index contributed by atoms with van der Waals surface area (Å²) in [6.45, 7) is 2.82. The van der Waals surface area contributed by atoms with Crippen molar-refractivity contribution in [1.82, 2.24) is 9.80 Å². The third-order valence-electron chi connectivity index (χ3n) is 2.55. The summed E-state index contributed by atoms with van der Waals surface area (Å²) in [5.41, 5.74) is 0. The second-order valence-corrected chi connectivity index (χ2v) is 4.34. The highest BCUT2D eigenvalue weighted by Crippen LogP contribution is 2.08. The van der Waals surface area contributed by atoms with Gasteiger partial charge in [-0.1, -0.05) is 0 Å². The zero-order chi connectivity index (χ0) is 12.0. The normalized spacial score (nSPS) is 17.8. The Morgan fingerprint density at radius 3 is 2.44 bits per heavy atom. The Morgan fingerprint density at radius 1 is 1.25 bits per heavy atom. The predicted molar refractivity (Wildman–Crippen MR) is 61.1 cm³/mol. The van der Waals surface area contributed by atoms with Crippen molar-refractivity contribution in [3.8, 4) is 0 Å². The summed E-state index contributed by atoms with van der Waals surface area (Å²) in [5, 5.41) is 0. The van der Waals surface area contributed by atoms with E-state index in [0.717, 1.165) is 32.6 Å². The van der Waals surface area contributed by atoms with Gasteiger partial charge >= 0.3 is 0 Å². The first-order valence-corrected chi connectivity index (χ1v) is 5.71. The molecule has 0 spiro atoms. The van der Waals surface area contributed by atoms with Crippen molar-refractivity contribution in [2.24, 2.45) is 0 Å². The monoisotopic (exact) mass is 230 g/mol. The first-order valence-electron chi connectivity index (χ1n) is 5.71. The van der Waals surface area contributed by atoms with Crippen molar-refractivity contribution in [3.05, 3.63) is 0 Å². The van der Waals surface area contributed by atoms with E-state index in [1.807, 2.05) is 11.9 Å². The number of ether oxygens (including phenoxy) is 2. The van der Waals surface area contributed by atoms with Crippen LogP contribution in [0.15, 0.2) is 0 Å². The molecule has 0 unspecified atom stereocenters. The Bertz CT molecular complexity index is 215. The van der Waals surface area contributed by atoms with Crippen molar-refractivity contribution in [2.45, 2.75) is 19.1 Å². The van der Waals surface area contributed by atoms with Crippen LogP contribution in [0, 0.1) is 0 Å². The number of carbonyl (C=O) groups excluding carboxylic acids is 1. The molecular weight excluding hydrogens is 208 g/mol. The second kappa shape index (κ2) is 6.83. The van der Waals surface area contributed by atoms with Crippen LogP contribution >= 0.6 is 0 Å². The number of rotatable bonds is 5. The van der Waals surface area contributed by atoms with Gasteiger partial charge in [-0.05, 0) is 13.5 Å². The molecule has 1 aliphatic heterocycles. The van der Waals surface area contributed by atoms with E-state index >= 15 is 0 Å². The zero-order valence-electron chi connectivity index (χ0n) is 10.4. The highest BCUT2D eigenvalue weighted by Gasteiger charge is 2.15. The van der Waals surface area contributed by atoms with Crippen LogP contribution in [-0.4, -0.2) is 69.4 Å². The maximum atomic E-state index is 11.4. The highest BCUT2D eigenvalue weighted by molar-refractivity contribution is 5.77. The van der Waals surface area contributed by atoms with E-state index in [1.54, 1.807) is 19.0 Å². The summed E-state index contributed by atoms with van der Waals surface area (Å²) >= 11 is 0. The van der Waals surface area contributed by atoms with Gasteiger partial charge in [-0.3, -0.25) is 9.69 Å². The average molecular weight is 230 g/mol. The smallest absolute Gasteiger partial charge is 0.236 e. The van der Waals surface area contributed by atoms with Gasteiger partial charge in [0.05, 0.1) is 19.8 Å². The lowest BCUT2D eigenvalue weighted by Crippen LogP contribution is -2.36. The fraction of sp³-hybridized carbons (Fsp3) is 0.909. The molecule has 0 aromatic heterocycles. The van der Waals surface area contributed by atoms with E-state index in [9.17, 15) is 4.79 Å². The molecule has 1 saturated heterocycles. The molecular formula is C11H22N2O3. The predicted octanol–water partition coefficient (Wildman–Crippen LogP) is 0.160. The van der Waals surface area contributed by atoms with Crippen molar-refractivity contribution >= 4 is 5.91 Å². The summed E-state index contributed by atoms with van der Waals surface area (Å²) < 4.78 is 10.9. The Balaban J connectivity index is 2.13. The molecule has 16 heavy (non-hydrogen) atoms. The van der Waals surface area contributed by atoms with E-state index in [2.05, 4.69) is 0 Å². The van der Waals surface area contributed by atoms with Crippen LogP contribution in [0.25, 0.3) is 0 Å². The number of likely N-dealkylation sites (N-methyl/N-ethyl adjacent to an activating group) is 2. The molecule has 1 fully saturated rings. The minimum absolute atomic E-state index is 0.0920. The third kappa shape index (κ3) is 4.92. The molecule has 1 rings (SSSR count). The Kier molecular flexibility index (Phi) is 5.73. The lowest BCUT2D eigenvalue weighted by Gasteiger charge is -2.25. The molecule has 0 aliphatic carbocycles. The van der Waals surface area contributed by atoms with Crippen LogP contribution in [0.2, 0.25) is 0 Å². The van der Waals surface area contributed by atoms with Crippen molar-refractivity contribution in [1.29, 1.82) is 0 Å². The maximum absolute atomic E-state index is 11.4. The summed E-state index contributed by atoms with van der Waals surface area (Å²) in [6.07, 6.45) is 1.70. The van der Waals surface area contributed by atoms with Crippen molar-refractivity contribution in [3.63, 3.8) is 0 Å². The van der Waals surface area contributed by atoms with Crippen molar-refractivity contribution < 1.29 is 14.3 Å². The number of hydrogen-bond donors (Lipinski definition) is 0. The summed E-state index contributed by atoms with van der Waals surface area (Å²) in [4.78, 5) is 15.0. The van der Waals surface area contributed by atoms with Crippen LogP contribution in [0.4, 0.5) is 0 Å². The molecule has 0 N–H and O–H groups in total. The van der Waals surface area contributed by atoms with E-state index < -0.39 is 0 Å². The lowest BCUT2D eigenvalue weighted by atomic mass is 10.3. The molecule has 0 bridgehead atoms. The van der Waals surface area contributed by atoms with Gasteiger partial charge in [0.2, 0.25) is 5.91 Å². The van der Waals surface area contributed by atoms with E-state index in [4.69, 9.17) is 9.47 Å². The summed E-state index contributed by atoms with van der Waals surface area (Å²) in [7, 11) is 5.47. The largest absolute Gasteiger partial charge is 0.353 e. The molecule has 0 radical (unpaired) electrons. The Labute approximate surface area is 97.3 Å². The van der Waals surface area contributed by atoms with Crippen LogP contribution < -0.4 is 0 Å². The second-order valence-electron chi connectivity index (χ2n) is 4.34. The molecule has 5 heteroatoms. The van der Waals surface area contributed by atoms with Gasteiger partial charge in [0, 0.05) is 27.1 Å². The van der Waals surface area contributed by atoms with E-state index in [0.29, 0.717) is 6.54 Å². The molecule has 0 aromatic carbocycles. The standard InChI is InChI=1S/C11H22N2O3/c1-12(2)10(14)9-13(3)6-5-11-15-7-4-8-16-11/h11H,4-9H2,1-3H3. The first-order chi connectivity index (χ1) is 7.59. The molecule has 0 atom stereocenters. The zero-order valence-corrected chi connectivity index (χ0v) is 10.4. The molecule has 1 amide bonds. The van der Waals surface area contributed by atoms with Gasteiger partial charge in [-0.2, -0.15) is 0 Å². The fourth-order valence-electron chi connectivity index (χ4n) is 1.48. The van der Waals surface area contributed by atoms with Crippen LogP contribution in [0.3, 0.4) is 0 Å². The van der Waals surface area contributed by atoms with Crippen LogP contribution in [-0.2, 0) is 14.3 Å². The summed E-state index contributed by atoms with van der Waals surface area (Å²) in [6, 6.07) is 0. The molecule has 5 nitrogen and oxygen atoms in total. The quantitative estimate of drug-likeness (QED) is 0.674. The first kappa shape index (κ1) is 13.4. The van der Waals surface area contributed by atoms with Gasteiger partial charge in [-0.25, -0.2) is 0 Å². The molecule has 0 aromatic rings. The van der Waals surface area contributed by atoms with Gasteiger partial charge in [-0.15, -0.1) is 0 Å². The Morgan fingerprint density at radius 2 is 1.88 bits per heavy atom. The van der Waals surface area contributed by atoms with Crippen LogP contribution in [0.5, 0.6) is 0 Å². The number of nitrogens with zero attached hydrogens (tertiary/aromatic N) is 2. The SMILES string of the molecule is CN(CCC1OCCCO1)CC(=O)N(C)C. The van der Waals surface area contributed by atoms with Gasteiger partial charge in [0.15, 0.2) is 6.29 Å². The lowest BCUT2D eigenvalue weighted by molar-refractivity contribution is -0.182. The van der Waals surface area contributed by atoms with Crippen LogP contribution in [0.1, 0.15) is 12.8 Å². The van der Waals surface area contributed by atoms with E-state index in [1.165, 1.54) is 0 Å². The summed E-state index contributed by atoms with van der Waals surface area (Å²) in [5.74, 6) is 0.119.